The Morgan fingerprint density at radius 2 is 0.635 bits per heavy atom. The number of rotatable bonds is 16. The third-order valence-corrected chi connectivity index (χ3v) is 15.2. The van der Waals surface area contributed by atoms with Crippen LogP contribution in [0.5, 0.6) is 0 Å². The van der Waals surface area contributed by atoms with Crippen LogP contribution in [0.25, 0.3) is 0 Å². The largest absolute Gasteiger partial charge is 0.412 e. The molecule has 0 radical (unpaired) electrons. The summed E-state index contributed by atoms with van der Waals surface area (Å²) in [4.78, 5) is 79.8. The molecule has 12 atom stereocenters. The van der Waals surface area contributed by atoms with Crippen molar-refractivity contribution < 1.29 is 47.7 Å². The first-order valence-electron chi connectivity index (χ1n) is 24.6. The molecule has 6 rings (SSSR count). The topological polar surface area (TPSA) is 212 Å². The van der Waals surface area contributed by atoms with Gasteiger partial charge in [0, 0.05) is 24.2 Å². The molecule has 0 saturated heterocycles. The number of ether oxygens (including phenoxy) is 4. The van der Waals surface area contributed by atoms with E-state index in [1.807, 2.05) is 0 Å². The fourth-order valence-electron chi connectivity index (χ4n) is 12.4. The highest BCUT2D eigenvalue weighted by atomic mass is 16.7. The Balaban J connectivity index is 0.795. The number of amides is 4. The van der Waals surface area contributed by atoms with Gasteiger partial charge >= 0.3 is 24.4 Å². The third-order valence-electron chi connectivity index (χ3n) is 15.2. The number of hydrogen-bond acceptors (Lipinski definition) is 12. The van der Waals surface area contributed by atoms with Crippen LogP contribution in [-0.2, 0) is 28.5 Å². The predicted molar refractivity (Wildman–Crippen MR) is 233 cm³/mol. The van der Waals surface area contributed by atoms with Gasteiger partial charge in [0.2, 0.25) is 25.7 Å². The number of hydrogen-bond donors (Lipinski definition) is 4. The van der Waals surface area contributed by atoms with Gasteiger partial charge in [-0.3, -0.25) is 0 Å². The number of isocyanates is 2. The zero-order valence-corrected chi connectivity index (χ0v) is 37.4. The highest BCUT2D eigenvalue weighted by molar-refractivity contribution is 5.70. The molecule has 0 aromatic carbocycles. The van der Waals surface area contributed by atoms with E-state index in [-0.39, 0.29) is 36.3 Å². The van der Waals surface area contributed by atoms with E-state index in [9.17, 15) is 28.8 Å². The molecule has 63 heavy (non-hydrogen) atoms. The Bertz CT molecular complexity index is 1460. The summed E-state index contributed by atoms with van der Waals surface area (Å²) >= 11 is 0. The molecule has 0 aromatic heterocycles. The molecule has 352 valence electrons. The van der Waals surface area contributed by atoms with E-state index in [0.29, 0.717) is 35.5 Å². The highest BCUT2D eigenvalue weighted by Gasteiger charge is 2.32. The molecule has 4 N–H and O–H groups in total. The van der Waals surface area contributed by atoms with Crippen LogP contribution in [0.2, 0.25) is 0 Å². The number of nitrogens with one attached hydrogen (secondary N) is 4. The summed E-state index contributed by atoms with van der Waals surface area (Å²) in [6.07, 6.45) is 28.2. The van der Waals surface area contributed by atoms with Crippen molar-refractivity contribution in [2.75, 3.05) is 13.6 Å². The van der Waals surface area contributed by atoms with Gasteiger partial charge in [0.1, 0.15) is 0 Å². The Morgan fingerprint density at radius 1 is 0.381 bits per heavy atom. The van der Waals surface area contributed by atoms with Gasteiger partial charge in [-0.15, -0.1) is 0 Å². The van der Waals surface area contributed by atoms with Crippen LogP contribution in [0.3, 0.4) is 0 Å². The van der Waals surface area contributed by atoms with Crippen molar-refractivity contribution in [3.63, 3.8) is 0 Å². The third kappa shape index (κ3) is 17.4. The van der Waals surface area contributed by atoms with E-state index in [4.69, 9.17) is 18.9 Å². The molecule has 6 aliphatic rings. The smallest absolute Gasteiger partial charge is 0.410 e. The van der Waals surface area contributed by atoms with E-state index in [1.165, 1.54) is 0 Å². The number of carbonyl (C=O) groups is 4. The minimum Gasteiger partial charge on any atom is -0.412 e. The van der Waals surface area contributed by atoms with Crippen LogP contribution in [0.1, 0.15) is 173 Å². The van der Waals surface area contributed by atoms with Crippen molar-refractivity contribution in [2.45, 2.75) is 210 Å². The summed E-state index contributed by atoms with van der Waals surface area (Å²) in [5.41, 5.74) is 0. The fraction of sp³-hybridized carbons (Fsp3) is 0.872. The van der Waals surface area contributed by atoms with Crippen molar-refractivity contribution in [3.8, 4) is 0 Å². The van der Waals surface area contributed by atoms with Gasteiger partial charge in [0.25, 0.3) is 0 Å². The molecule has 12 unspecified atom stereocenters. The van der Waals surface area contributed by atoms with E-state index in [0.717, 1.165) is 173 Å². The van der Waals surface area contributed by atoms with Gasteiger partial charge in [-0.1, -0.05) is 77.0 Å². The lowest BCUT2D eigenvalue weighted by atomic mass is 9.75. The maximum Gasteiger partial charge on any atom is 0.410 e. The number of carbonyl (C=O) groups excluding carboxylic acids is 6. The van der Waals surface area contributed by atoms with Crippen LogP contribution in [-0.4, -0.2) is 86.4 Å². The molecule has 0 aromatic rings. The Labute approximate surface area is 373 Å². The average molecular weight is 883 g/mol. The lowest BCUT2D eigenvalue weighted by Gasteiger charge is -2.35. The van der Waals surface area contributed by atoms with E-state index in [1.54, 1.807) is 12.2 Å². The van der Waals surface area contributed by atoms with Gasteiger partial charge in [-0.05, 0) is 132 Å². The fourth-order valence-corrected chi connectivity index (χ4v) is 12.4. The molecule has 0 spiro atoms. The standard InChI is InChI=1S/C47H74N6O10/c54-28-48-38-13-1-7-32(22-38)19-34-9-3-15-40(24-34)50-44(56)60-30-62-46(58)52-42-17-5-11-36(26-42)21-37-12-6-18-43(27-37)53-47(59)63-31-61-45(57)51-41-16-4-10-35(25-41)20-33-8-2-14-39(23-33)49-29-55/h32-43H,1-27,30-31H2,(H,50,56)(H,51,57)(H,52,58)(H,53,59). The molecule has 4 amide bonds. The second kappa shape index (κ2) is 26.0. The number of nitrogens with zero attached hydrogens (tertiary/aromatic N) is 2. The summed E-state index contributed by atoms with van der Waals surface area (Å²) in [6.45, 7) is -0.902. The van der Waals surface area contributed by atoms with Crippen LogP contribution >= 0.6 is 0 Å². The molecule has 0 heterocycles. The summed E-state index contributed by atoms with van der Waals surface area (Å²) in [7, 11) is 0. The number of alkyl carbamates (subject to hydrolysis) is 4. The first-order chi connectivity index (χ1) is 30.7. The highest BCUT2D eigenvalue weighted by Crippen LogP contribution is 2.39. The molecular weight excluding hydrogens is 809 g/mol. The van der Waals surface area contributed by atoms with Crippen LogP contribution in [0, 0.1) is 35.5 Å². The normalized spacial score (nSPS) is 33.4. The molecule has 6 saturated carbocycles. The Hall–Kier alpha value is -4.16. The second-order valence-corrected chi connectivity index (χ2v) is 20.0. The Kier molecular flexibility index (Phi) is 19.9. The SMILES string of the molecule is O=C=NC1CCCC(CC2CCCC(NC(=O)OCOC(=O)NC3CCCC(CC4CCCC(NC(=O)OCOC(=O)NC5CCCC(CC6CCCC(N=C=O)C6)C5)C4)C3)C2)C1. The minimum atomic E-state index is -0.590. The van der Waals surface area contributed by atoms with Crippen LogP contribution in [0.4, 0.5) is 19.2 Å². The van der Waals surface area contributed by atoms with Gasteiger partial charge in [0.05, 0.1) is 12.1 Å². The Morgan fingerprint density at radius 3 is 0.905 bits per heavy atom. The lowest BCUT2D eigenvalue weighted by molar-refractivity contribution is 0.0190. The van der Waals surface area contributed by atoms with Crippen molar-refractivity contribution >= 4 is 36.5 Å². The summed E-state index contributed by atoms with van der Waals surface area (Å²) in [5, 5.41) is 11.9. The number of aliphatic imine (C=N–C) groups is 2. The zero-order chi connectivity index (χ0) is 44.2. The molecule has 0 aliphatic heterocycles. The maximum absolute atomic E-state index is 12.7. The maximum atomic E-state index is 12.7. The molecule has 16 heteroatoms. The van der Waals surface area contributed by atoms with E-state index < -0.39 is 38.0 Å². The van der Waals surface area contributed by atoms with E-state index >= 15 is 0 Å². The molecule has 0 bridgehead atoms. The van der Waals surface area contributed by atoms with Crippen molar-refractivity contribution in [1.29, 1.82) is 0 Å². The van der Waals surface area contributed by atoms with Gasteiger partial charge in [0.15, 0.2) is 0 Å². The second-order valence-electron chi connectivity index (χ2n) is 20.0. The first kappa shape index (κ1) is 48.3. The van der Waals surface area contributed by atoms with E-state index in [2.05, 4.69) is 31.3 Å². The van der Waals surface area contributed by atoms with Gasteiger partial charge < -0.3 is 40.2 Å². The first-order valence-corrected chi connectivity index (χ1v) is 24.6. The summed E-state index contributed by atoms with van der Waals surface area (Å²) < 4.78 is 20.9. The molecule has 16 nitrogen and oxygen atoms in total. The van der Waals surface area contributed by atoms with Crippen LogP contribution in [0.15, 0.2) is 9.98 Å². The van der Waals surface area contributed by atoms with Crippen molar-refractivity contribution in [1.82, 2.24) is 21.3 Å². The predicted octanol–water partition coefficient (Wildman–Crippen LogP) is 9.00. The lowest BCUT2D eigenvalue weighted by Crippen LogP contribution is -2.42. The monoisotopic (exact) mass is 883 g/mol. The van der Waals surface area contributed by atoms with Crippen molar-refractivity contribution in [3.05, 3.63) is 0 Å². The quantitative estimate of drug-likeness (QED) is 0.0656. The van der Waals surface area contributed by atoms with Crippen molar-refractivity contribution in [2.24, 2.45) is 45.5 Å². The molecule has 6 fully saturated rings. The van der Waals surface area contributed by atoms with Gasteiger partial charge in [-0.25, -0.2) is 38.8 Å². The van der Waals surface area contributed by atoms with Gasteiger partial charge in [-0.2, -0.15) is 0 Å². The molecule has 6 aliphatic carbocycles. The minimum absolute atomic E-state index is 0.0154. The molecular formula is C47H74N6O10. The summed E-state index contributed by atoms with van der Waals surface area (Å²) in [6, 6.07) is 0.225. The zero-order valence-electron chi connectivity index (χ0n) is 37.4. The average Bonchev–Trinajstić information content (AvgIpc) is 3.25. The summed E-state index contributed by atoms with van der Waals surface area (Å²) in [5.74, 6) is 3.03. The van der Waals surface area contributed by atoms with Crippen LogP contribution < -0.4 is 21.3 Å².